The molecule has 0 bridgehead atoms. The van der Waals surface area contributed by atoms with Crippen LogP contribution in [0.25, 0.3) is 0 Å². The van der Waals surface area contributed by atoms with Gasteiger partial charge in [0.25, 0.3) is 0 Å². The summed E-state index contributed by atoms with van der Waals surface area (Å²) in [7, 11) is 0. The van der Waals surface area contributed by atoms with E-state index in [-0.39, 0.29) is 0 Å². The van der Waals surface area contributed by atoms with Gasteiger partial charge in [-0.15, -0.1) is 0 Å². The maximum absolute atomic E-state index is 5.43. The molecule has 0 aliphatic rings. The SMILES string of the molecule is CCNCCSC(C)CCN. The van der Waals surface area contributed by atoms with E-state index in [2.05, 4.69) is 19.2 Å². The second kappa shape index (κ2) is 8.37. The summed E-state index contributed by atoms with van der Waals surface area (Å²) < 4.78 is 0. The molecule has 3 heteroatoms. The van der Waals surface area contributed by atoms with Crippen molar-refractivity contribution >= 4 is 11.8 Å². The lowest BCUT2D eigenvalue weighted by atomic mass is 10.3. The van der Waals surface area contributed by atoms with E-state index in [9.17, 15) is 0 Å². The molecule has 1 unspecified atom stereocenters. The van der Waals surface area contributed by atoms with E-state index in [0.717, 1.165) is 31.3 Å². The van der Waals surface area contributed by atoms with E-state index in [0.29, 0.717) is 0 Å². The molecule has 2 nitrogen and oxygen atoms in total. The molecule has 11 heavy (non-hydrogen) atoms. The van der Waals surface area contributed by atoms with Crippen molar-refractivity contribution in [1.29, 1.82) is 0 Å². The smallest absolute Gasteiger partial charge is 0.00607 e. The van der Waals surface area contributed by atoms with Crippen LogP contribution >= 0.6 is 11.8 Å². The predicted octanol–water partition coefficient (Wildman–Crippen LogP) is 1.07. The summed E-state index contributed by atoms with van der Waals surface area (Å²) in [5.41, 5.74) is 5.43. The Labute approximate surface area is 74.3 Å². The molecule has 0 aromatic heterocycles. The van der Waals surface area contributed by atoms with E-state index in [1.165, 1.54) is 5.75 Å². The first-order valence-electron chi connectivity index (χ1n) is 4.33. The number of nitrogens with one attached hydrogen (secondary N) is 1. The number of hydrogen-bond donors (Lipinski definition) is 2. The van der Waals surface area contributed by atoms with Crippen molar-refractivity contribution < 1.29 is 0 Å². The van der Waals surface area contributed by atoms with Gasteiger partial charge in [0.15, 0.2) is 0 Å². The van der Waals surface area contributed by atoms with Crippen LogP contribution in [0.5, 0.6) is 0 Å². The first kappa shape index (κ1) is 11.3. The van der Waals surface area contributed by atoms with E-state index in [4.69, 9.17) is 5.73 Å². The van der Waals surface area contributed by atoms with Crippen LogP contribution in [0.15, 0.2) is 0 Å². The Bertz CT molecular complexity index is 78.5. The van der Waals surface area contributed by atoms with Gasteiger partial charge in [-0.25, -0.2) is 0 Å². The summed E-state index contributed by atoms with van der Waals surface area (Å²) in [5, 5.41) is 4.01. The Morgan fingerprint density at radius 3 is 2.82 bits per heavy atom. The van der Waals surface area contributed by atoms with Gasteiger partial charge in [-0.1, -0.05) is 13.8 Å². The standard InChI is InChI=1S/C8H20N2S/c1-3-10-6-7-11-8(2)4-5-9/h8,10H,3-7,9H2,1-2H3. The third kappa shape index (κ3) is 8.17. The van der Waals surface area contributed by atoms with Gasteiger partial charge >= 0.3 is 0 Å². The molecule has 1 atom stereocenters. The monoisotopic (exact) mass is 176 g/mol. The quantitative estimate of drug-likeness (QED) is 0.570. The molecule has 68 valence electrons. The molecular formula is C8H20N2S. The number of nitrogens with two attached hydrogens (primary N) is 1. The lowest BCUT2D eigenvalue weighted by Crippen LogP contribution is -2.17. The summed E-state index contributed by atoms with van der Waals surface area (Å²) >= 11 is 2.00. The molecule has 0 rings (SSSR count). The van der Waals surface area contributed by atoms with Gasteiger partial charge in [0, 0.05) is 17.5 Å². The van der Waals surface area contributed by atoms with E-state index < -0.39 is 0 Å². The molecule has 0 fully saturated rings. The maximum Gasteiger partial charge on any atom is 0.00607 e. The van der Waals surface area contributed by atoms with Gasteiger partial charge in [-0.2, -0.15) is 11.8 Å². The van der Waals surface area contributed by atoms with Gasteiger partial charge < -0.3 is 11.1 Å². The van der Waals surface area contributed by atoms with Crippen LogP contribution in [0.1, 0.15) is 20.3 Å². The number of rotatable bonds is 7. The Hall–Kier alpha value is 0.270. The molecule has 0 spiro atoms. The molecule has 0 heterocycles. The highest BCUT2D eigenvalue weighted by atomic mass is 32.2. The normalized spacial score (nSPS) is 13.4. The third-order valence-electron chi connectivity index (χ3n) is 1.50. The first-order chi connectivity index (χ1) is 5.31. The van der Waals surface area contributed by atoms with Crippen LogP contribution in [0.2, 0.25) is 0 Å². The topological polar surface area (TPSA) is 38.0 Å². The van der Waals surface area contributed by atoms with Crippen molar-refractivity contribution in [3.63, 3.8) is 0 Å². The predicted molar refractivity (Wildman–Crippen MR) is 54.1 cm³/mol. The van der Waals surface area contributed by atoms with E-state index in [1.54, 1.807) is 0 Å². The van der Waals surface area contributed by atoms with Crippen LogP contribution in [-0.2, 0) is 0 Å². The summed E-state index contributed by atoms with van der Waals surface area (Å²) in [6.07, 6.45) is 1.14. The molecule has 0 amide bonds. The Balaban J connectivity index is 2.97. The second-order valence-electron chi connectivity index (χ2n) is 2.61. The Kier molecular flexibility index (Phi) is 8.57. The highest BCUT2D eigenvalue weighted by Gasteiger charge is 1.99. The van der Waals surface area contributed by atoms with Crippen LogP contribution in [0.4, 0.5) is 0 Å². The fourth-order valence-electron chi connectivity index (χ4n) is 0.827. The van der Waals surface area contributed by atoms with E-state index in [1.807, 2.05) is 11.8 Å². The average Bonchev–Trinajstić information content (AvgIpc) is 1.99. The first-order valence-corrected chi connectivity index (χ1v) is 5.38. The number of hydrogen-bond acceptors (Lipinski definition) is 3. The minimum Gasteiger partial charge on any atom is -0.330 e. The van der Waals surface area contributed by atoms with Crippen LogP contribution in [-0.4, -0.2) is 30.6 Å². The number of thioether (sulfide) groups is 1. The molecule has 0 aromatic rings. The largest absolute Gasteiger partial charge is 0.330 e. The maximum atomic E-state index is 5.43. The van der Waals surface area contributed by atoms with Gasteiger partial charge in [0.05, 0.1) is 0 Å². The van der Waals surface area contributed by atoms with Gasteiger partial charge in [0.2, 0.25) is 0 Å². The average molecular weight is 176 g/mol. The van der Waals surface area contributed by atoms with Crippen molar-refractivity contribution in [3.8, 4) is 0 Å². The van der Waals surface area contributed by atoms with Crippen LogP contribution < -0.4 is 11.1 Å². The van der Waals surface area contributed by atoms with Gasteiger partial charge in [0.1, 0.15) is 0 Å². The Morgan fingerprint density at radius 2 is 2.27 bits per heavy atom. The molecular weight excluding hydrogens is 156 g/mol. The van der Waals surface area contributed by atoms with E-state index >= 15 is 0 Å². The fraction of sp³-hybridized carbons (Fsp3) is 1.00. The van der Waals surface area contributed by atoms with Crippen molar-refractivity contribution in [2.45, 2.75) is 25.5 Å². The fourth-order valence-corrected chi connectivity index (χ4v) is 1.79. The second-order valence-corrected chi connectivity index (χ2v) is 4.16. The zero-order chi connectivity index (χ0) is 8.53. The van der Waals surface area contributed by atoms with Gasteiger partial charge in [-0.05, 0) is 19.5 Å². The summed E-state index contributed by atoms with van der Waals surface area (Å²) in [6.45, 7) is 7.38. The van der Waals surface area contributed by atoms with Crippen LogP contribution in [0.3, 0.4) is 0 Å². The molecule has 0 saturated carbocycles. The summed E-state index contributed by atoms with van der Waals surface area (Å²) in [5.74, 6) is 1.20. The van der Waals surface area contributed by atoms with Crippen LogP contribution in [0, 0.1) is 0 Å². The minimum atomic E-state index is 0.721. The Morgan fingerprint density at radius 1 is 1.55 bits per heavy atom. The molecule has 0 radical (unpaired) electrons. The van der Waals surface area contributed by atoms with Gasteiger partial charge in [-0.3, -0.25) is 0 Å². The highest BCUT2D eigenvalue weighted by Crippen LogP contribution is 2.11. The molecule has 0 saturated heterocycles. The molecule has 3 N–H and O–H groups in total. The summed E-state index contributed by atoms with van der Waals surface area (Å²) in [6, 6.07) is 0. The lowest BCUT2D eigenvalue weighted by molar-refractivity contribution is 0.763. The van der Waals surface area contributed by atoms with Crippen molar-refractivity contribution in [1.82, 2.24) is 5.32 Å². The zero-order valence-electron chi connectivity index (χ0n) is 7.60. The summed E-state index contributed by atoms with van der Waals surface area (Å²) in [4.78, 5) is 0. The van der Waals surface area contributed by atoms with Crippen molar-refractivity contribution in [3.05, 3.63) is 0 Å². The molecule has 0 aliphatic heterocycles. The zero-order valence-corrected chi connectivity index (χ0v) is 8.41. The lowest BCUT2D eigenvalue weighted by Gasteiger charge is -2.08. The van der Waals surface area contributed by atoms with Crippen molar-refractivity contribution in [2.75, 3.05) is 25.4 Å². The molecule has 0 aliphatic carbocycles. The highest BCUT2D eigenvalue weighted by molar-refractivity contribution is 7.99. The molecule has 0 aromatic carbocycles. The van der Waals surface area contributed by atoms with Crippen molar-refractivity contribution in [2.24, 2.45) is 5.73 Å². The third-order valence-corrected chi connectivity index (χ3v) is 2.75. The minimum absolute atomic E-state index is 0.721.